The third-order valence-electron chi connectivity index (χ3n) is 25.7. The van der Waals surface area contributed by atoms with E-state index in [-0.39, 0.29) is 60.6 Å². The van der Waals surface area contributed by atoms with E-state index in [0.29, 0.717) is 47.8 Å². The van der Waals surface area contributed by atoms with E-state index in [1.807, 2.05) is 97.4 Å². The summed E-state index contributed by atoms with van der Waals surface area (Å²) in [6.45, 7) is 19.5. The van der Waals surface area contributed by atoms with E-state index < -0.39 is 44.2 Å². The number of carbonyl (C=O) groups is 1. The van der Waals surface area contributed by atoms with Gasteiger partial charge in [0, 0.05) is 139 Å². The second-order valence-electron chi connectivity index (χ2n) is 38.0. The van der Waals surface area contributed by atoms with E-state index >= 15 is 0 Å². The summed E-state index contributed by atoms with van der Waals surface area (Å²) in [5, 5.41) is 17.4. The van der Waals surface area contributed by atoms with Crippen LogP contribution >= 0.6 is 125 Å². The Bertz CT molecular complexity index is 7190. The van der Waals surface area contributed by atoms with Gasteiger partial charge in [0.2, 0.25) is 29.6 Å². The number of pyridine rings is 2. The lowest BCUT2D eigenvalue weighted by molar-refractivity contribution is 0.00578. The number of nitrogens with two attached hydrogens (primary N) is 4. The average Bonchev–Trinajstić information content (AvgIpc) is 1.61. The molecule has 31 nitrogen and oxygen atoms in total. The molecule has 0 amide bonds. The molecule has 6 aromatic heterocycles. The van der Waals surface area contributed by atoms with Gasteiger partial charge in [0.15, 0.2) is 16.1 Å². The number of aromatic nitrogens is 10. The minimum Gasteiger partial charge on any atom is -0.481 e. The van der Waals surface area contributed by atoms with Gasteiger partial charge in [0.25, 0.3) is 20.0 Å². The van der Waals surface area contributed by atoms with Gasteiger partial charge in [0.05, 0.1) is 63.1 Å². The largest absolute Gasteiger partial charge is 0.500 e. The molecule has 0 atom stereocenters. The standard InChI is InChI=1S/C29H33ClN6O3S.C18H22BClN2O5S.C17H23BrN4.C9H6BrIN2.C9H8BrN3.C8H6BrFO.C8H18N2.C7H6BrF.CH5N3/c1-18-15-25-19(17-31-29(33-25)32-20-9-11-21(12-10-20)36(2)3)16-23(18)22-13-14-27(34-28(22)39-4)35-40(37,38)26-8-6-5-7-24(26)30;1-17(2)18(3,4)27-19(26-17)12-10-11-15(21-16(12)25-5)22-28(23,24)14-9-7-6-8-13(14)20;1-11-8-16-12(9-15(11)18)10-19-17(21-16)20-13-4-6-14(7-5-13)22(2)3;2*1-5-2-8-6(3-7(5)10)4-12-9(11)13-8;1-5-2-8(10)6(4-11)3-7(5)9;1-10(2)8-5-3-7(9)4-6-8;1-5-4-6(9)2-3-7(5)8;2-1(3)4/h5-8,13-17,20-21H,9-12H2,1-4H3,(H,34,35)(H,31,32,33);6-11H,1-5H3,(H,21,22);8-10,13-14H,4-7H2,1-3H3,(H,19,20,21);2-4H,1H3;2-4H,1H3,(H2,11,12,13);2-4H,1H3;7-8H,3-6,9H2,1-2H3;2-4H,1H3;(H5,2,3,4). The number of carbonyl (C=O) groups excluding carboxylic acids is 1. The number of halogens is 10. The molecule has 44 heteroatoms. The van der Waals surface area contributed by atoms with Gasteiger partial charge in [-0.15, -0.1) is 0 Å². The predicted molar refractivity (Wildman–Crippen MR) is 628 cm³/mol. The van der Waals surface area contributed by atoms with Crippen LogP contribution in [0.15, 0.2) is 209 Å². The van der Waals surface area contributed by atoms with E-state index in [1.165, 1.54) is 131 Å². The molecule has 3 aliphatic carbocycles. The summed E-state index contributed by atoms with van der Waals surface area (Å²) in [6, 6.07) is 46.2. The Morgan fingerprint density at radius 1 is 0.480 bits per heavy atom. The number of guanidine groups is 1. The monoisotopic (exact) mass is 2560 g/mol. The number of methoxy groups -OCH3 is 2. The minimum absolute atomic E-state index is 0.0259. The smallest absolute Gasteiger partial charge is 0.481 e. The van der Waals surface area contributed by atoms with Gasteiger partial charge in [-0.25, -0.2) is 65.5 Å². The number of hydrogen-bond donors (Lipinski definition) is 9. The Morgan fingerprint density at radius 2 is 0.860 bits per heavy atom. The molecule has 8 aromatic carbocycles. The topological polar surface area (TPSA) is 437 Å². The van der Waals surface area contributed by atoms with E-state index in [0.717, 1.165) is 147 Å². The van der Waals surface area contributed by atoms with Crippen molar-refractivity contribution in [1.82, 2.24) is 64.5 Å². The number of hydrogen-bond acceptors (Lipinski definition) is 27. The summed E-state index contributed by atoms with van der Waals surface area (Å²) in [4.78, 5) is 60.8. The first-order valence-corrected chi connectivity index (χ1v) is 56.7. The normalized spacial score (nSPS) is 17.0. The first-order chi connectivity index (χ1) is 70.7. The fourth-order valence-electron chi connectivity index (χ4n) is 16.3. The fraction of sp³-hybridized carbons (Fsp3) is 0.358. The van der Waals surface area contributed by atoms with Crippen molar-refractivity contribution in [3.8, 4) is 22.9 Å². The zero-order valence-corrected chi connectivity index (χ0v) is 100.0. The summed E-state index contributed by atoms with van der Waals surface area (Å²) in [5.41, 5.74) is 31.4. The Balaban J connectivity index is 0.000000184. The number of nitrogens with one attached hydrogen (secondary N) is 5. The number of aryl methyl sites for hydroxylation is 6. The number of fused-ring (bicyclic) bond motifs is 4. The molecule has 4 fully saturated rings. The third-order valence-corrected chi connectivity index (χ3v) is 34.2. The van der Waals surface area contributed by atoms with Crippen LogP contribution in [0.5, 0.6) is 11.8 Å². The minimum atomic E-state index is -3.93. The maximum Gasteiger partial charge on any atom is 0.500 e. The zero-order chi connectivity index (χ0) is 110. The Labute approximate surface area is 943 Å². The molecule has 7 heterocycles. The maximum absolute atomic E-state index is 12.9. The SMILES string of the molecule is CN(C)C1CCC(N)CC1.COc1nc(NS(=O)(=O)c2ccccc2Cl)ccc1-c1cc2cnc(NC3CCC(N(C)C)CC3)nc2cc1C.COc1nc(NS(=O)(=O)c2ccccc2Cl)ccc1B1OC(C)(C)C(C)(C)O1.Cc1cc(F)c(C=O)cc1Br.Cc1cc(F)ccc1Br.Cc1cc2nc(I)ncc2cc1Br.Cc1cc2nc(N)ncc2cc1Br.Cc1cc2nc(NC3CCC(N(C)C)CC3)ncc2cc1Br.N=C(N)N. The number of rotatable bonds is 18. The third kappa shape index (κ3) is 35.1. The average molecular weight is 2560 g/mol. The van der Waals surface area contributed by atoms with Crippen LogP contribution in [-0.4, -0.2) is 205 Å². The number of nitrogens with zero attached hydrogens (tertiary/aromatic N) is 13. The van der Waals surface area contributed by atoms with Crippen LogP contribution in [0.1, 0.15) is 148 Å². The van der Waals surface area contributed by atoms with Gasteiger partial charge in [-0.3, -0.25) is 19.6 Å². The van der Waals surface area contributed by atoms with Gasteiger partial charge in [-0.2, -0.15) is 9.97 Å². The highest BCUT2D eigenvalue weighted by atomic mass is 127. The molecule has 150 heavy (non-hydrogen) atoms. The molecule has 18 rings (SSSR count). The number of sulfonamides is 2. The Morgan fingerprint density at radius 3 is 1.29 bits per heavy atom. The van der Waals surface area contributed by atoms with Crippen LogP contribution < -0.4 is 57.9 Å². The maximum atomic E-state index is 12.9. The number of benzene rings is 8. The second kappa shape index (κ2) is 55.9. The summed E-state index contributed by atoms with van der Waals surface area (Å²) < 4.78 is 110. The highest BCUT2D eigenvalue weighted by Crippen LogP contribution is 2.40. The van der Waals surface area contributed by atoms with Gasteiger partial charge in [0.1, 0.15) is 33.1 Å². The Hall–Kier alpha value is -9.75. The van der Waals surface area contributed by atoms with Crippen molar-refractivity contribution >= 4 is 243 Å². The van der Waals surface area contributed by atoms with Gasteiger partial charge in [-0.05, 0) is 349 Å². The number of ether oxygens (including phenoxy) is 2. The van der Waals surface area contributed by atoms with Crippen LogP contribution in [0.2, 0.25) is 10.0 Å². The van der Waals surface area contributed by atoms with Gasteiger partial charge in [-0.1, -0.05) is 133 Å². The van der Waals surface area contributed by atoms with Crippen molar-refractivity contribution in [2.24, 2.45) is 17.2 Å². The molecule has 1 aliphatic heterocycles. The van der Waals surface area contributed by atoms with Crippen molar-refractivity contribution in [2.75, 3.05) is 82.3 Å². The van der Waals surface area contributed by atoms with E-state index in [2.05, 4.69) is 268 Å². The summed E-state index contributed by atoms with van der Waals surface area (Å²) >= 11 is 31.2. The zero-order valence-electron chi connectivity index (χ0n) is 86.7. The number of nitrogen functional groups attached to an aromatic ring is 1. The molecule has 800 valence electrons. The highest BCUT2D eigenvalue weighted by molar-refractivity contribution is 14.1. The fourth-order valence-corrected chi connectivity index (χ4v) is 21.4. The second-order valence-corrected chi connectivity index (χ2v) is 47.4. The molecule has 14 aromatic rings. The van der Waals surface area contributed by atoms with Gasteiger partial charge < -0.3 is 67.1 Å². The summed E-state index contributed by atoms with van der Waals surface area (Å²) in [6.07, 6.45) is 22.2. The van der Waals surface area contributed by atoms with Crippen LogP contribution in [0, 0.1) is 62.4 Å². The summed E-state index contributed by atoms with van der Waals surface area (Å²) in [5.74, 6) is 1.43. The molecular formula is C106H127BBr5Cl2F2IN22O9S2. The van der Waals surface area contributed by atoms with Crippen LogP contribution in [-0.2, 0) is 29.4 Å². The highest BCUT2D eigenvalue weighted by Gasteiger charge is 2.53. The van der Waals surface area contributed by atoms with Crippen LogP contribution in [0.4, 0.5) is 38.3 Å². The van der Waals surface area contributed by atoms with Crippen molar-refractivity contribution in [3.05, 3.63) is 263 Å². The van der Waals surface area contributed by atoms with E-state index in [1.54, 1.807) is 61.7 Å². The van der Waals surface area contributed by atoms with Gasteiger partial charge >= 0.3 is 7.12 Å². The van der Waals surface area contributed by atoms with Crippen molar-refractivity contribution in [2.45, 2.75) is 204 Å². The molecule has 4 aliphatic rings. The van der Waals surface area contributed by atoms with E-state index in [4.69, 9.17) is 63.8 Å². The van der Waals surface area contributed by atoms with Crippen molar-refractivity contribution < 1.29 is 49.2 Å². The van der Waals surface area contributed by atoms with E-state index in [9.17, 15) is 30.4 Å². The molecule has 0 radical (unpaired) electrons. The molecular weight excluding hydrogens is 2440 g/mol. The summed E-state index contributed by atoms with van der Waals surface area (Å²) in [7, 11) is 7.38. The molecule has 13 N–H and O–H groups in total. The predicted octanol–water partition coefficient (Wildman–Crippen LogP) is 23.4. The molecule has 0 unspecified atom stereocenters. The van der Waals surface area contributed by atoms with Crippen LogP contribution in [0.25, 0.3) is 54.7 Å². The van der Waals surface area contributed by atoms with Crippen molar-refractivity contribution in [3.63, 3.8) is 0 Å². The molecule has 3 saturated carbocycles. The first-order valence-electron chi connectivity index (χ1n) is 47.9. The van der Waals surface area contributed by atoms with Crippen molar-refractivity contribution in [1.29, 1.82) is 5.41 Å². The molecule has 0 spiro atoms. The number of anilines is 5. The number of aldehydes is 1. The Kier molecular flexibility index (Phi) is 45.5. The first kappa shape index (κ1) is 122. The van der Waals surface area contributed by atoms with Crippen LogP contribution in [0.3, 0.4) is 0 Å². The molecule has 0 bridgehead atoms. The molecule has 1 saturated heterocycles. The lowest BCUT2D eigenvalue weighted by atomic mass is 9.79. The lowest BCUT2D eigenvalue weighted by Gasteiger charge is -2.32. The lowest BCUT2D eigenvalue weighted by Crippen LogP contribution is -2.41. The quantitative estimate of drug-likeness (QED) is 0.00962.